The van der Waals surface area contributed by atoms with Crippen molar-refractivity contribution in [3.8, 4) is 0 Å². The largest absolute Gasteiger partial charge is 0.312 e. The van der Waals surface area contributed by atoms with Gasteiger partial charge >= 0.3 is 0 Å². The van der Waals surface area contributed by atoms with Crippen LogP contribution in [0.5, 0.6) is 0 Å². The molecule has 1 rings (SSSR count). The standard InChI is InChI=1S/C9H16N2O2S2/c1-8-9(14-7-11-8)6-10-4-3-5-15(2,12)13/h7,10H,3-6H2,1-2H3. The molecule has 4 nitrogen and oxygen atoms in total. The average molecular weight is 248 g/mol. The minimum atomic E-state index is -2.82. The van der Waals surface area contributed by atoms with Crippen LogP contribution in [0.2, 0.25) is 0 Å². The van der Waals surface area contributed by atoms with Crippen LogP contribution in [0, 0.1) is 6.92 Å². The summed E-state index contributed by atoms with van der Waals surface area (Å²) in [4.78, 5) is 5.35. The Balaban J connectivity index is 2.15. The van der Waals surface area contributed by atoms with Crippen LogP contribution >= 0.6 is 11.3 Å². The third-order valence-corrected chi connectivity index (χ3v) is 3.96. The quantitative estimate of drug-likeness (QED) is 0.762. The Labute approximate surface area is 94.7 Å². The van der Waals surface area contributed by atoms with Gasteiger partial charge in [-0.05, 0) is 19.9 Å². The van der Waals surface area contributed by atoms with E-state index in [4.69, 9.17) is 0 Å². The van der Waals surface area contributed by atoms with E-state index >= 15 is 0 Å². The van der Waals surface area contributed by atoms with E-state index in [-0.39, 0.29) is 5.75 Å². The molecular weight excluding hydrogens is 232 g/mol. The highest BCUT2D eigenvalue weighted by atomic mass is 32.2. The molecule has 1 aromatic rings. The Bertz CT molecular complexity index is 398. The van der Waals surface area contributed by atoms with Gasteiger partial charge in [0, 0.05) is 17.7 Å². The molecule has 0 fully saturated rings. The first-order chi connectivity index (χ1) is 6.99. The van der Waals surface area contributed by atoms with Gasteiger partial charge in [-0.1, -0.05) is 0 Å². The molecule has 0 aromatic carbocycles. The fourth-order valence-corrected chi connectivity index (χ4v) is 2.57. The zero-order valence-electron chi connectivity index (χ0n) is 8.99. The summed E-state index contributed by atoms with van der Waals surface area (Å²) in [6.45, 7) is 3.48. The minimum absolute atomic E-state index is 0.252. The van der Waals surface area contributed by atoms with Crippen molar-refractivity contribution >= 4 is 21.2 Å². The molecular formula is C9H16N2O2S2. The molecule has 0 unspecified atom stereocenters. The molecule has 6 heteroatoms. The van der Waals surface area contributed by atoms with Crippen LogP contribution in [-0.4, -0.2) is 32.0 Å². The summed E-state index contributed by atoms with van der Waals surface area (Å²) in [5.41, 5.74) is 2.87. The Morgan fingerprint density at radius 1 is 1.53 bits per heavy atom. The molecule has 0 aliphatic carbocycles. The van der Waals surface area contributed by atoms with Crippen LogP contribution < -0.4 is 5.32 Å². The molecule has 0 bridgehead atoms. The number of nitrogens with one attached hydrogen (secondary N) is 1. The van der Waals surface area contributed by atoms with Gasteiger partial charge in [0.15, 0.2) is 0 Å². The number of rotatable bonds is 6. The van der Waals surface area contributed by atoms with Crippen molar-refractivity contribution in [1.82, 2.24) is 10.3 Å². The van der Waals surface area contributed by atoms with Crippen molar-refractivity contribution in [2.45, 2.75) is 19.9 Å². The molecule has 0 saturated heterocycles. The maximum atomic E-state index is 10.8. The zero-order chi connectivity index (χ0) is 11.3. The summed E-state index contributed by atoms with van der Waals surface area (Å²) >= 11 is 1.62. The van der Waals surface area contributed by atoms with Crippen LogP contribution in [0.25, 0.3) is 0 Å². The molecule has 0 amide bonds. The van der Waals surface area contributed by atoms with Crippen molar-refractivity contribution in [3.05, 3.63) is 16.1 Å². The molecule has 15 heavy (non-hydrogen) atoms. The van der Waals surface area contributed by atoms with E-state index in [0.29, 0.717) is 6.42 Å². The van der Waals surface area contributed by atoms with E-state index in [2.05, 4.69) is 10.3 Å². The number of thiazole rings is 1. The highest BCUT2D eigenvalue weighted by Crippen LogP contribution is 2.10. The lowest BCUT2D eigenvalue weighted by Crippen LogP contribution is -2.17. The van der Waals surface area contributed by atoms with E-state index in [1.807, 2.05) is 12.4 Å². The van der Waals surface area contributed by atoms with Gasteiger partial charge < -0.3 is 5.32 Å². The van der Waals surface area contributed by atoms with Gasteiger partial charge in [0.05, 0.1) is 17.0 Å². The smallest absolute Gasteiger partial charge is 0.147 e. The molecule has 0 atom stereocenters. The third kappa shape index (κ3) is 5.25. The lowest BCUT2D eigenvalue weighted by atomic mass is 10.4. The molecule has 1 N–H and O–H groups in total. The van der Waals surface area contributed by atoms with Gasteiger partial charge in [-0.25, -0.2) is 13.4 Å². The Kier molecular flexibility index (Phi) is 4.69. The number of aromatic nitrogens is 1. The lowest BCUT2D eigenvalue weighted by Gasteiger charge is -2.02. The molecule has 1 aromatic heterocycles. The van der Waals surface area contributed by atoms with E-state index < -0.39 is 9.84 Å². The molecule has 1 heterocycles. The van der Waals surface area contributed by atoms with Crippen LogP contribution in [-0.2, 0) is 16.4 Å². The van der Waals surface area contributed by atoms with Gasteiger partial charge in [0.2, 0.25) is 0 Å². The van der Waals surface area contributed by atoms with Crippen molar-refractivity contribution in [2.24, 2.45) is 0 Å². The normalized spacial score (nSPS) is 11.9. The van der Waals surface area contributed by atoms with E-state index in [1.165, 1.54) is 11.1 Å². The van der Waals surface area contributed by atoms with Crippen molar-refractivity contribution in [2.75, 3.05) is 18.6 Å². The summed E-state index contributed by atoms with van der Waals surface area (Å²) in [7, 11) is -2.82. The summed E-state index contributed by atoms with van der Waals surface area (Å²) in [6, 6.07) is 0. The molecule has 0 saturated carbocycles. The highest BCUT2D eigenvalue weighted by molar-refractivity contribution is 7.90. The second-order valence-corrected chi connectivity index (χ2v) is 6.72. The summed E-state index contributed by atoms with van der Waals surface area (Å²) in [5, 5.41) is 3.21. The summed E-state index contributed by atoms with van der Waals surface area (Å²) in [6.07, 6.45) is 1.93. The van der Waals surface area contributed by atoms with E-state index in [1.54, 1.807) is 11.3 Å². The lowest BCUT2D eigenvalue weighted by molar-refractivity contribution is 0.594. The van der Waals surface area contributed by atoms with Crippen LogP contribution in [0.15, 0.2) is 5.51 Å². The maximum Gasteiger partial charge on any atom is 0.147 e. The van der Waals surface area contributed by atoms with Crippen molar-refractivity contribution < 1.29 is 8.42 Å². The summed E-state index contributed by atoms with van der Waals surface area (Å²) in [5.74, 6) is 0.252. The minimum Gasteiger partial charge on any atom is -0.312 e. The monoisotopic (exact) mass is 248 g/mol. The SMILES string of the molecule is Cc1ncsc1CNCCCS(C)(=O)=O. The van der Waals surface area contributed by atoms with Gasteiger partial charge in [-0.3, -0.25) is 0 Å². The van der Waals surface area contributed by atoms with Crippen LogP contribution in [0.3, 0.4) is 0 Å². The van der Waals surface area contributed by atoms with Crippen molar-refractivity contribution in [3.63, 3.8) is 0 Å². The topological polar surface area (TPSA) is 59.1 Å². The van der Waals surface area contributed by atoms with Crippen LogP contribution in [0.1, 0.15) is 17.0 Å². The van der Waals surface area contributed by atoms with E-state index in [9.17, 15) is 8.42 Å². The predicted octanol–water partition coefficient (Wildman–Crippen LogP) is 0.976. The highest BCUT2D eigenvalue weighted by Gasteiger charge is 2.02. The predicted molar refractivity (Wildman–Crippen MR) is 62.9 cm³/mol. The summed E-state index contributed by atoms with van der Waals surface area (Å²) < 4.78 is 21.7. The number of nitrogens with zero attached hydrogens (tertiary/aromatic N) is 1. The molecule has 0 radical (unpaired) electrons. The molecule has 0 aliphatic heterocycles. The average Bonchev–Trinajstić information content (AvgIpc) is 2.49. The first-order valence-electron chi connectivity index (χ1n) is 4.76. The molecule has 0 spiro atoms. The Morgan fingerprint density at radius 3 is 2.80 bits per heavy atom. The fourth-order valence-electron chi connectivity index (χ4n) is 1.16. The van der Waals surface area contributed by atoms with Gasteiger partial charge in [-0.15, -0.1) is 11.3 Å². The zero-order valence-corrected chi connectivity index (χ0v) is 10.6. The number of hydrogen-bond donors (Lipinski definition) is 1. The molecule has 86 valence electrons. The van der Waals surface area contributed by atoms with Gasteiger partial charge in [0.1, 0.15) is 9.84 Å². The van der Waals surface area contributed by atoms with Crippen LogP contribution in [0.4, 0.5) is 0 Å². The molecule has 0 aliphatic rings. The third-order valence-electron chi connectivity index (χ3n) is 2.00. The number of sulfone groups is 1. The second kappa shape index (κ2) is 5.58. The number of aryl methyl sites for hydroxylation is 1. The maximum absolute atomic E-state index is 10.8. The fraction of sp³-hybridized carbons (Fsp3) is 0.667. The second-order valence-electron chi connectivity index (χ2n) is 3.52. The Hall–Kier alpha value is -0.460. The first-order valence-corrected chi connectivity index (χ1v) is 7.70. The number of hydrogen-bond acceptors (Lipinski definition) is 5. The van der Waals surface area contributed by atoms with Gasteiger partial charge in [-0.2, -0.15) is 0 Å². The first kappa shape index (κ1) is 12.6. The van der Waals surface area contributed by atoms with Crippen molar-refractivity contribution in [1.29, 1.82) is 0 Å². The van der Waals surface area contributed by atoms with E-state index in [0.717, 1.165) is 18.8 Å². The van der Waals surface area contributed by atoms with Gasteiger partial charge in [0.25, 0.3) is 0 Å². The Morgan fingerprint density at radius 2 is 2.27 bits per heavy atom.